The van der Waals surface area contributed by atoms with E-state index in [9.17, 15) is 9.18 Å². The van der Waals surface area contributed by atoms with Gasteiger partial charge in [0, 0.05) is 32.2 Å². The number of hydrogen-bond donors (Lipinski definition) is 0. The Hall–Kier alpha value is -2.54. The number of aromatic nitrogens is 3. The number of rotatable bonds is 4. The highest BCUT2D eigenvalue weighted by molar-refractivity contribution is 5.92. The zero-order valence-corrected chi connectivity index (χ0v) is 13.9. The van der Waals surface area contributed by atoms with E-state index in [-0.39, 0.29) is 11.7 Å². The normalized spacial score (nSPS) is 20.5. The number of amides is 1. The molecule has 0 N–H and O–H groups in total. The van der Waals surface area contributed by atoms with Crippen molar-refractivity contribution in [2.24, 2.45) is 0 Å². The van der Waals surface area contributed by atoms with Crippen LogP contribution in [0.4, 0.5) is 4.39 Å². The van der Waals surface area contributed by atoms with Crippen LogP contribution in [0.5, 0.6) is 0 Å². The van der Waals surface area contributed by atoms with Crippen LogP contribution in [0.15, 0.2) is 42.6 Å². The Labute approximate surface area is 145 Å². The van der Waals surface area contributed by atoms with E-state index in [4.69, 9.17) is 0 Å². The molecule has 1 saturated heterocycles. The van der Waals surface area contributed by atoms with E-state index in [0.29, 0.717) is 18.3 Å². The summed E-state index contributed by atoms with van der Waals surface area (Å²) in [7, 11) is 0. The Balaban J connectivity index is 1.39. The van der Waals surface area contributed by atoms with Crippen molar-refractivity contribution in [3.05, 3.63) is 59.7 Å². The van der Waals surface area contributed by atoms with Crippen LogP contribution in [-0.4, -0.2) is 62.9 Å². The largest absolute Gasteiger partial charge is 0.336 e. The molecule has 0 saturated carbocycles. The zero-order valence-electron chi connectivity index (χ0n) is 13.9. The lowest BCUT2D eigenvalue weighted by molar-refractivity contribution is 0.0775. The third-order valence-corrected chi connectivity index (χ3v) is 4.80. The number of benzene rings is 1. The van der Waals surface area contributed by atoms with Gasteiger partial charge in [0.2, 0.25) is 0 Å². The molecule has 2 aromatic rings. The first kappa shape index (κ1) is 16.0. The maximum Gasteiger partial charge on any atom is 0.276 e. The van der Waals surface area contributed by atoms with Crippen LogP contribution in [0, 0.1) is 5.82 Å². The predicted molar refractivity (Wildman–Crippen MR) is 90.5 cm³/mol. The van der Waals surface area contributed by atoms with Gasteiger partial charge in [0.1, 0.15) is 5.82 Å². The molecule has 3 heterocycles. The summed E-state index contributed by atoms with van der Waals surface area (Å²) in [5.41, 5.74) is 1.13. The summed E-state index contributed by atoms with van der Waals surface area (Å²) >= 11 is 0. The van der Waals surface area contributed by atoms with Crippen LogP contribution in [0.2, 0.25) is 0 Å². The average molecular weight is 341 g/mol. The highest BCUT2D eigenvalue weighted by atomic mass is 19.1. The fourth-order valence-electron chi connectivity index (χ4n) is 3.47. The first-order valence-electron chi connectivity index (χ1n) is 8.52. The third-order valence-electron chi connectivity index (χ3n) is 4.80. The molecule has 1 atom stereocenters. The van der Waals surface area contributed by atoms with Gasteiger partial charge >= 0.3 is 0 Å². The predicted octanol–water partition coefficient (Wildman–Crippen LogP) is 1.55. The highest BCUT2D eigenvalue weighted by Crippen LogP contribution is 2.19. The maximum absolute atomic E-state index is 13.3. The molecule has 130 valence electrons. The molecule has 7 heteroatoms. The van der Waals surface area contributed by atoms with Gasteiger partial charge in [-0.05, 0) is 24.1 Å². The molecule has 4 rings (SSSR count). The molecule has 0 radical (unpaired) electrons. The van der Waals surface area contributed by atoms with Crippen molar-refractivity contribution < 1.29 is 9.18 Å². The molecule has 0 aliphatic carbocycles. The standard InChI is InChI=1S/C18H20FN5O/c19-15-5-3-4-14(10-15)11-24-13-17(20-21-24)18(25)23-9-6-16(12-23)22-7-1-2-8-22/h1-5,10,13,16H,6-9,11-12H2. The fraction of sp³-hybridized carbons (Fsp3) is 0.389. The molecule has 0 spiro atoms. The fourth-order valence-corrected chi connectivity index (χ4v) is 3.47. The number of likely N-dealkylation sites (tertiary alicyclic amines) is 1. The van der Waals surface area contributed by atoms with Gasteiger partial charge in [0.15, 0.2) is 5.69 Å². The monoisotopic (exact) mass is 341 g/mol. The van der Waals surface area contributed by atoms with Crippen LogP contribution in [-0.2, 0) is 6.54 Å². The molecule has 1 aromatic heterocycles. The van der Waals surface area contributed by atoms with Gasteiger partial charge in [0.25, 0.3) is 5.91 Å². The van der Waals surface area contributed by atoms with E-state index in [1.165, 1.54) is 12.1 Å². The Kier molecular flexibility index (Phi) is 4.31. The van der Waals surface area contributed by atoms with Gasteiger partial charge in [-0.15, -0.1) is 5.10 Å². The molecule has 6 nitrogen and oxygen atoms in total. The molecule has 2 aliphatic rings. The topological polar surface area (TPSA) is 54.3 Å². The van der Waals surface area contributed by atoms with E-state index in [1.54, 1.807) is 16.9 Å². The molecule has 25 heavy (non-hydrogen) atoms. The quantitative estimate of drug-likeness (QED) is 0.792. The van der Waals surface area contributed by atoms with Crippen LogP contribution in [0.3, 0.4) is 0 Å². The van der Waals surface area contributed by atoms with Gasteiger partial charge in [-0.3, -0.25) is 9.69 Å². The first-order valence-corrected chi connectivity index (χ1v) is 8.52. The summed E-state index contributed by atoms with van der Waals surface area (Å²) in [6, 6.07) is 6.76. The smallest absolute Gasteiger partial charge is 0.276 e. The summed E-state index contributed by atoms with van der Waals surface area (Å²) in [5, 5.41) is 8.01. The van der Waals surface area contributed by atoms with Crippen LogP contribution < -0.4 is 0 Å². The second-order valence-corrected chi connectivity index (χ2v) is 6.55. The Morgan fingerprint density at radius 1 is 1.28 bits per heavy atom. The summed E-state index contributed by atoms with van der Waals surface area (Å²) in [6.07, 6.45) is 6.97. The summed E-state index contributed by atoms with van der Waals surface area (Å²) in [6.45, 7) is 3.81. The molecular formula is C18H20FN5O. The van der Waals surface area contributed by atoms with Gasteiger partial charge in [-0.2, -0.15) is 0 Å². The lowest BCUT2D eigenvalue weighted by Crippen LogP contribution is -2.37. The molecule has 1 fully saturated rings. The van der Waals surface area contributed by atoms with Crippen molar-refractivity contribution in [2.45, 2.75) is 19.0 Å². The average Bonchev–Trinajstić information content (AvgIpc) is 3.35. The number of carbonyl (C=O) groups is 1. The number of carbonyl (C=O) groups excluding carboxylic acids is 1. The summed E-state index contributed by atoms with van der Waals surface area (Å²) in [5.74, 6) is -0.367. The lowest BCUT2D eigenvalue weighted by atomic mass is 10.2. The lowest BCUT2D eigenvalue weighted by Gasteiger charge is -2.23. The van der Waals surface area contributed by atoms with Gasteiger partial charge < -0.3 is 4.90 Å². The van der Waals surface area contributed by atoms with Crippen molar-refractivity contribution in [1.29, 1.82) is 0 Å². The van der Waals surface area contributed by atoms with Crippen molar-refractivity contribution in [1.82, 2.24) is 24.8 Å². The number of hydrogen-bond acceptors (Lipinski definition) is 4. The molecule has 1 amide bonds. The Bertz CT molecular complexity index is 794. The highest BCUT2D eigenvalue weighted by Gasteiger charge is 2.31. The molecule has 0 bridgehead atoms. The molecule has 1 aromatic carbocycles. The van der Waals surface area contributed by atoms with E-state index in [2.05, 4.69) is 27.4 Å². The van der Waals surface area contributed by atoms with Crippen LogP contribution in [0.1, 0.15) is 22.5 Å². The van der Waals surface area contributed by atoms with E-state index < -0.39 is 0 Å². The summed E-state index contributed by atoms with van der Waals surface area (Å²) in [4.78, 5) is 16.9. The second kappa shape index (κ2) is 6.76. The van der Waals surface area contributed by atoms with E-state index >= 15 is 0 Å². The van der Waals surface area contributed by atoms with Crippen molar-refractivity contribution >= 4 is 5.91 Å². The minimum absolute atomic E-state index is 0.0832. The Morgan fingerprint density at radius 2 is 2.12 bits per heavy atom. The summed E-state index contributed by atoms with van der Waals surface area (Å²) < 4.78 is 14.8. The van der Waals surface area contributed by atoms with Crippen LogP contribution >= 0.6 is 0 Å². The number of halogens is 1. The SMILES string of the molecule is O=C(c1cn(Cc2cccc(F)c2)nn1)N1CCC(N2CC=CC2)C1. The van der Waals surface area contributed by atoms with Gasteiger partial charge in [-0.25, -0.2) is 9.07 Å². The minimum Gasteiger partial charge on any atom is -0.336 e. The third kappa shape index (κ3) is 3.46. The van der Waals surface area contributed by atoms with Crippen LogP contribution in [0.25, 0.3) is 0 Å². The second-order valence-electron chi connectivity index (χ2n) is 6.55. The van der Waals surface area contributed by atoms with E-state index in [1.807, 2.05) is 11.0 Å². The zero-order chi connectivity index (χ0) is 17.2. The first-order chi connectivity index (χ1) is 12.2. The van der Waals surface area contributed by atoms with Crippen molar-refractivity contribution in [3.63, 3.8) is 0 Å². The Morgan fingerprint density at radius 3 is 2.92 bits per heavy atom. The molecular weight excluding hydrogens is 321 g/mol. The number of nitrogens with zero attached hydrogens (tertiary/aromatic N) is 5. The molecule has 2 aliphatic heterocycles. The minimum atomic E-state index is -0.284. The van der Waals surface area contributed by atoms with Gasteiger partial charge in [0.05, 0.1) is 12.7 Å². The van der Waals surface area contributed by atoms with Crippen molar-refractivity contribution in [2.75, 3.05) is 26.2 Å². The maximum atomic E-state index is 13.3. The molecule has 1 unspecified atom stereocenters. The van der Waals surface area contributed by atoms with Crippen molar-refractivity contribution in [3.8, 4) is 0 Å². The van der Waals surface area contributed by atoms with E-state index in [0.717, 1.165) is 38.2 Å². The van der Waals surface area contributed by atoms with Gasteiger partial charge in [-0.1, -0.05) is 29.5 Å².